The molecule has 0 bridgehead atoms. The van der Waals surface area contributed by atoms with Crippen LogP contribution in [0.25, 0.3) is 5.69 Å². The molecule has 5 rings (SSSR count). The molecule has 7 heteroatoms. The lowest BCUT2D eigenvalue weighted by molar-refractivity contribution is 0.0746. The molecule has 3 aromatic rings. The summed E-state index contributed by atoms with van der Waals surface area (Å²) in [7, 11) is 0. The number of aryl methyl sites for hydroxylation is 1. The Balaban J connectivity index is 1.31. The molecular weight excluding hydrogens is 448 g/mol. The summed E-state index contributed by atoms with van der Waals surface area (Å²) >= 11 is 6.13. The minimum atomic E-state index is -0.0859. The Hall–Kier alpha value is -3.12. The maximum Gasteiger partial charge on any atom is 0.253 e. The third-order valence-electron chi connectivity index (χ3n) is 6.82. The largest absolute Gasteiger partial charge is 0.368 e. The van der Waals surface area contributed by atoms with Crippen LogP contribution in [0.15, 0.2) is 48.5 Å². The quantitative estimate of drug-likeness (QED) is 0.536. The zero-order chi connectivity index (χ0) is 24.0. The first-order valence-electron chi connectivity index (χ1n) is 11.7. The molecule has 1 aliphatic heterocycles. The Morgan fingerprint density at radius 1 is 0.971 bits per heavy atom. The second kappa shape index (κ2) is 8.58. The van der Waals surface area contributed by atoms with Crippen molar-refractivity contribution < 1.29 is 9.59 Å². The van der Waals surface area contributed by atoms with Crippen molar-refractivity contribution in [1.82, 2.24) is 14.7 Å². The molecule has 1 saturated heterocycles. The monoisotopic (exact) mass is 476 g/mol. The summed E-state index contributed by atoms with van der Waals surface area (Å²) in [5.74, 6) is 0.200. The zero-order valence-corrected chi connectivity index (χ0v) is 20.6. The van der Waals surface area contributed by atoms with Gasteiger partial charge in [0.25, 0.3) is 5.91 Å². The van der Waals surface area contributed by atoms with E-state index in [2.05, 4.69) is 23.8 Å². The Morgan fingerprint density at radius 2 is 1.68 bits per heavy atom. The number of fused-ring (bicyclic) bond motifs is 1. The van der Waals surface area contributed by atoms with E-state index in [0.717, 1.165) is 52.9 Å². The van der Waals surface area contributed by atoms with Gasteiger partial charge in [-0.05, 0) is 61.2 Å². The molecule has 0 saturated carbocycles. The van der Waals surface area contributed by atoms with Gasteiger partial charge in [0, 0.05) is 48.9 Å². The SMILES string of the molecule is Cc1nn(-c2ccc(C(=O)N3CCN(c4cccc(Cl)c4)CC3)cc2)c2c1C(=O)CC(C)(C)C2. The van der Waals surface area contributed by atoms with Crippen molar-refractivity contribution in [2.24, 2.45) is 5.41 Å². The average molecular weight is 477 g/mol. The summed E-state index contributed by atoms with van der Waals surface area (Å²) < 4.78 is 1.88. The number of carbonyl (C=O) groups excluding carboxylic acids is 2. The van der Waals surface area contributed by atoms with Crippen LogP contribution < -0.4 is 4.90 Å². The molecule has 0 unspecified atom stereocenters. The number of benzene rings is 2. The van der Waals surface area contributed by atoms with E-state index in [9.17, 15) is 9.59 Å². The lowest BCUT2D eigenvalue weighted by Crippen LogP contribution is -2.48. The van der Waals surface area contributed by atoms with Crippen LogP contribution in [-0.2, 0) is 6.42 Å². The third-order valence-corrected chi connectivity index (χ3v) is 7.05. The molecular formula is C27H29ClN4O2. The maximum absolute atomic E-state index is 13.1. The van der Waals surface area contributed by atoms with E-state index in [4.69, 9.17) is 11.6 Å². The highest BCUT2D eigenvalue weighted by molar-refractivity contribution is 6.30. The van der Waals surface area contributed by atoms with Crippen molar-refractivity contribution in [2.45, 2.75) is 33.6 Å². The van der Waals surface area contributed by atoms with Crippen LogP contribution in [0.5, 0.6) is 0 Å². The number of ketones is 1. The zero-order valence-electron chi connectivity index (χ0n) is 19.8. The summed E-state index contributed by atoms with van der Waals surface area (Å²) in [6.07, 6.45) is 1.34. The molecule has 0 atom stereocenters. The lowest BCUT2D eigenvalue weighted by atomic mass is 9.75. The summed E-state index contributed by atoms with van der Waals surface area (Å²) in [5.41, 5.74) is 5.03. The molecule has 2 aliphatic rings. The number of rotatable bonds is 3. The van der Waals surface area contributed by atoms with E-state index < -0.39 is 0 Å². The Kier molecular flexibility index (Phi) is 5.72. The van der Waals surface area contributed by atoms with Crippen LogP contribution in [0.4, 0.5) is 5.69 Å². The van der Waals surface area contributed by atoms with E-state index in [1.807, 2.05) is 65.0 Å². The van der Waals surface area contributed by atoms with Gasteiger partial charge in [-0.25, -0.2) is 4.68 Å². The van der Waals surface area contributed by atoms with Crippen molar-refractivity contribution >= 4 is 29.0 Å². The number of nitrogens with zero attached hydrogens (tertiary/aromatic N) is 4. The van der Waals surface area contributed by atoms with E-state index in [-0.39, 0.29) is 17.1 Å². The molecule has 0 radical (unpaired) electrons. The van der Waals surface area contributed by atoms with Crippen molar-refractivity contribution in [2.75, 3.05) is 31.1 Å². The predicted octanol–water partition coefficient (Wildman–Crippen LogP) is 4.95. The topological polar surface area (TPSA) is 58.4 Å². The highest BCUT2D eigenvalue weighted by Gasteiger charge is 2.35. The number of carbonyl (C=O) groups is 2. The summed E-state index contributed by atoms with van der Waals surface area (Å²) in [5, 5.41) is 5.39. The normalized spacial score (nSPS) is 17.6. The number of Topliss-reactive ketones (excluding diaryl/α,β-unsaturated/α-hetero) is 1. The number of hydrogen-bond acceptors (Lipinski definition) is 4. The summed E-state index contributed by atoms with van der Waals surface area (Å²) in [6, 6.07) is 15.4. The van der Waals surface area contributed by atoms with E-state index in [1.54, 1.807) is 0 Å². The number of hydrogen-bond donors (Lipinski definition) is 0. The first kappa shape index (κ1) is 22.7. The van der Waals surface area contributed by atoms with E-state index in [0.29, 0.717) is 25.1 Å². The standard InChI is InChI=1S/C27H29ClN4O2/c1-18-25-23(16-27(2,3)17-24(25)33)32(29-18)21-9-7-19(8-10-21)26(34)31-13-11-30(12-14-31)22-6-4-5-20(28)15-22/h4-10,15H,11-14,16-17H2,1-3H3. The highest BCUT2D eigenvalue weighted by Crippen LogP contribution is 2.37. The average Bonchev–Trinajstić information content (AvgIpc) is 3.14. The molecule has 0 spiro atoms. The Morgan fingerprint density at radius 3 is 2.35 bits per heavy atom. The lowest BCUT2D eigenvalue weighted by Gasteiger charge is -2.36. The molecule has 1 aliphatic carbocycles. The van der Waals surface area contributed by atoms with Gasteiger partial charge < -0.3 is 9.80 Å². The first-order valence-corrected chi connectivity index (χ1v) is 12.1. The van der Waals surface area contributed by atoms with Crippen LogP contribution in [0.3, 0.4) is 0 Å². The van der Waals surface area contributed by atoms with E-state index in [1.165, 1.54) is 0 Å². The van der Waals surface area contributed by atoms with Crippen molar-refractivity contribution in [3.05, 3.63) is 76.1 Å². The molecule has 6 nitrogen and oxygen atoms in total. The van der Waals surface area contributed by atoms with E-state index >= 15 is 0 Å². The smallest absolute Gasteiger partial charge is 0.253 e. The third kappa shape index (κ3) is 4.23. The van der Waals surface area contributed by atoms with Gasteiger partial charge in [0.1, 0.15) is 0 Å². The predicted molar refractivity (Wildman–Crippen MR) is 134 cm³/mol. The number of halogens is 1. The minimum absolute atomic E-state index is 0.0345. The minimum Gasteiger partial charge on any atom is -0.368 e. The second-order valence-corrected chi connectivity index (χ2v) is 10.5. The van der Waals surface area contributed by atoms with Crippen molar-refractivity contribution in [3.8, 4) is 5.69 Å². The number of piperazine rings is 1. The molecule has 0 N–H and O–H groups in total. The van der Waals surface area contributed by atoms with Gasteiger partial charge in [-0.3, -0.25) is 9.59 Å². The number of aromatic nitrogens is 2. The second-order valence-electron chi connectivity index (χ2n) is 10.1. The van der Waals surface area contributed by atoms with Crippen LogP contribution in [-0.4, -0.2) is 52.5 Å². The Bertz CT molecular complexity index is 1250. The maximum atomic E-state index is 13.1. The fourth-order valence-corrected chi connectivity index (χ4v) is 5.31. The number of amides is 1. The molecule has 2 heterocycles. The first-order chi connectivity index (χ1) is 16.2. The van der Waals surface area contributed by atoms with Gasteiger partial charge >= 0.3 is 0 Å². The van der Waals surface area contributed by atoms with Gasteiger partial charge in [0.2, 0.25) is 0 Å². The molecule has 2 aromatic carbocycles. The van der Waals surface area contributed by atoms with Crippen molar-refractivity contribution in [1.29, 1.82) is 0 Å². The fraction of sp³-hybridized carbons (Fsp3) is 0.370. The molecule has 1 aromatic heterocycles. The fourth-order valence-electron chi connectivity index (χ4n) is 5.12. The molecule has 176 valence electrons. The molecule has 1 fully saturated rings. The Labute approximate surface area is 205 Å². The van der Waals surface area contributed by atoms with Crippen LogP contribution in [0.1, 0.15) is 52.4 Å². The highest BCUT2D eigenvalue weighted by atomic mass is 35.5. The van der Waals surface area contributed by atoms with Gasteiger partial charge in [-0.2, -0.15) is 5.10 Å². The number of anilines is 1. The van der Waals surface area contributed by atoms with Crippen LogP contribution in [0.2, 0.25) is 5.02 Å². The molecule has 34 heavy (non-hydrogen) atoms. The summed E-state index contributed by atoms with van der Waals surface area (Å²) in [6.45, 7) is 9.00. The van der Waals surface area contributed by atoms with Gasteiger partial charge in [0.15, 0.2) is 5.78 Å². The van der Waals surface area contributed by atoms with Gasteiger partial charge in [0.05, 0.1) is 22.6 Å². The molecule has 1 amide bonds. The van der Waals surface area contributed by atoms with Gasteiger partial charge in [-0.1, -0.05) is 31.5 Å². The van der Waals surface area contributed by atoms with Gasteiger partial charge in [-0.15, -0.1) is 0 Å². The van der Waals surface area contributed by atoms with Crippen molar-refractivity contribution in [3.63, 3.8) is 0 Å². The van der Waals surface area contributed by atoms with Crippen LogP contribution >= 0.6 is 11.6 Å². The summed E-state index contributed by atoms with van der Waals surface area (Å²) in [4.78, 5) is 30.0. The van der Waals surface area contributed by atoms with Crippen LogP contribution in [0, 0.1) is 12.3 Å².